The normalized spacial score (nSPS) is 22.5. The van der Waals surface area contributed by atoms with Gasteiger partial charge in [-0.05, 0) is 40.6 Å². The van der Waals surface area contributed by atoms with E-state index in [0.717, 1.165) is 16.7 Å². The van der Waals surface area contributed by atoms with Crippen molar-refractivity contribution in [3.05, 3.63) is 10.7 Å². The fourth-order valence-electron chi connectivity index (χ4n) is 2.29. The third-order valence-electron chi connectivity index (χ3n) is 3.18. The number of nitrogens with two attached hydrogens (primary N) is 1. The maximum Gasteiger partial charge on any atom is 0.239 e. The number of aromatic nitrogens is 2. The van der Waals surface area contributed by atoms with E-state index < -0.39 is 0 Å². The summed E-state index contributed by atoms with van der Waals surface area (Å²) in [5.41, 5.74) is 2.88. The van der Waals surface area contributed by atoms with Gasteiger partial charge in [-0.2, -0.15) is 4.98 Å². The van der Waals surface area contributed by atoms with Gasteiger partial charge in [-0.15, -0.1) is 0 Å². The van der Waals surface area contributed by atoms with Gasteiger partial charge in [-0.25, -0.2) is 10.8 Å². The van der Waals surface area contributed by atoms with Crippen LogP contribution in [0.5, 0.6) is 0 Å². The zero-order valence-corrected chi connectivity index (χ0v) is 11.7. The van der Waals surface area contributed by atoms with Crippen molar-refractivity contribution in [3.63, 3.8) is 0 Å². The average Bonchev–Trinajstić information content (AvgIpc) is 2.61. The Labute approximate surface area is 110 Å². The van der Waals surface area contributed by atoms with Gasteiger partial charge in [0.15, 0.2) is 0 Å². The summed E-state index contributed by atoms with van der Waals surface area (Å²) >= 11 is 3.44. The lowest BCUT2D eigenvalue weighted by Crippen LogP contribution is -2.20. The number of nitrogens with one attached hydrogen (secondary N) is 2. The molecule has 1 aliphatic carbocycles. The minimum absolute atomic E-state index is 0.423. The van der Waals surface area contributed by atoms with Crippen molar-refractivity contribution >= 4 is 27.7 Å². The second-order valence-electron chi connectivity index (χ2n) is 5.28. The highest BCUT2D eigenvalue weighted by Gasteiger charge is 2.31. The van der Waals surface area contributed by atoms with E-state index in [0.29, 0.717) is 17.4 Å². The number of halogens is 1. The van der Waals surface area contributed by atoms with Crippen LogP contribution in [0.1, 0.15) is 33.1 Å². The predicted octanol–water partition coefficient (Wildman–Crippen LogP) is 2.52. The first-order valence-corrected chi connectivity index (χ1v) is 6.55. The first kappa shape index (κ1) is 12.6. The highest BCUT2D eigenvalue weighted by atomic mass is 79.9. The van der Waals surface area contributed by atoms with E-state index in [1.54, 1.807) is 6.20 Å². The van der Waals surface area contributed by atoms with Crippen LogP contribution in [0.25, 0.3) is 0 Å². The monoisotopic (exact) mass is 299 g/mol. The second-order valence-corrected chi connectivity index (χ2v) is 6.14. The van der Waals surface area contributed by atoms with Crippen molar-refractivity contribution in [2.24, 2.45) is 11.3 Å². The van der Waals surface area contributed by atoms with E-state index >= 15 is 0 Å². The lowest BCUT2D eigenvalue weighted by molar-refractivity contribution is 0.378. The molecular formula is C11H18BrN5. The lowest BCUT2D eigenvalue weighted by Gasteiger charge is -2.18. The molecule has 1 fully saturated rings. The topological polar surface area (TPSA) is 75.9 Å². The van der Waals surface area contributed by atoms with Crippen LogP contribution in [-0.2, 0) is 0 Å². The molecule has 0 amide bonds. The number of rotatable bonds is 3. The Balaban J connectivity index is 2.08. The van der Waals surface area contributed by atoms with E-state index in [-0.39, 0.29) is 0 Å². The maximum absolute atomic E-state index is 5.30. The summed E-state index contributed by atoms with van der Waals surface area (Å²) < 4.78 is 0.862. The maximum atomic E-state index is 5.30. The van der Waals surface area contributed by atoms with E-state index in [9.17, 15) is 0 Å². The Kier molecular flexibility index (Phi) is 3.53. The fourth-order valence-corrected chi connectivity index (χ4v) is 2.60. The summed E-state index contributed by atoms with van der Waals surface area (Å²) in [6.45, 7) is 4.60. The van der Waals surface area contributed by atoms with Crippen molar-refractivity contribution in [2.75, 3.05) is 10.7 Å². The molecule has 1 saturated carbocycles. The van der Waals surface area contributed by atoms with Crippen molar-refractivity contribution in [1.29, 1.82) is 0 Å². The molecular weight excluding hydrogens is 282 g/mol. The molecule has 17 heavy (non-hydrogen) atoms. The lowest BCUT2D eigenvalue weighted by atomic mass is 9.92. The van der Waals surface area contributed by atoms with Crippen LogP contribution in [0.15, 0.2) is 10.7 Å². The Morgan fingerprint density at radius 1 is 1.53 bits per heavy atom. The number of hydrogen-bond donors (Lipinski definition) is 3. The molecule has 0 aromatic carbocycles. The molecule has 2 rings (SSSR count). The molecule has 94 valence electrons. The van der Waals surface area contributed by atoms with Gasteiger partial charge in [-0.1, -0.05) is 13.8 Å². The van der Waals surface area contributed by atoms with Crippen LogP contribution in [0.2, 0.25) is 0 Å². The standard InChI is InChI=1S/C11H18BrN5/c1-11(2)4-3-7(5-11)15-9-8(12)6-14-10(16-9)17-13/h6-7H,3-5,13H2,1-2H3,(H2,14,15,16,17). The number of hydrogen-bond acceptors (Lipinski definition) is 5. The minimum Gasteiger partial charge on any atom is -0.366 e. The van der Waals surface area contributed by atoms with Crippen LogP contribution in [-0.4, -0.2) is 16.0 Å². The zero-order chi connectivity index (χ0) is 12.5. The first-order valence-electron chi connectivity index (χ1n) is 5.76. The Bertz CT molecular complexity index is 407. The SMILES string of the molecule is CC1(C)CCC(Nc2nc(NN)ncc2Br)C1. The molecule has 6 heteroatoms. The summed E-state index contributed by atoms with van der Waals surface area (Å²) in [6, 6.07) is 0.474. The van der Waals surface area contributed by atoms with E-state index in [2.05, 4.69) is 50.5 Å². The predicted molar refractivity (Wildman–Crippen MR) is 72.6 cm³/mol. The third kappa shape index (κ3) is 3.07. The third-order valence-corrected chi connectivity index (χ3v) is 3.76. The van der Waals surface area contributed by atoms with Crippen LogP contribution in [0.4, 0.5) is 11.8 Å². The second kappa shape index (κ2) is 4.78. The molecule has 1 aromatic rings. The van der Waals surface area contributed by atoms with E-state index in [1.165, 1.54) is 12.8 Å². The van der Waals surface area contributed by atoms with Crippen molar-refractivity contribution in [3.8, 4) is 0 Å². The van der Waals surface area contributed by atoms with Crippen molar-refractivity contribution in [1.82, 2.24) is 9.97 Å². The molecule has 1 atom stereocenters. The Morgan fingerprint density at radius 3 is 2.88 bits per heavy atom. The molecule has 0 radical (unpaired) electrons. The molecule has 0 saturated heterocycles. The van der Waals surface area contributed by atoms with Gasteiger partial charge >= 0.3 is 0 Å². The van der Waals surface area contributed by atoms with Gasteiger partial charge in [0.1, 0.15) is 5.82 Å². The number of nitrogens with zero attached hydrogens (tertiary/aromatic N) is 2. The average molecular weight is 300 g/mol. The largest absolute Gasteiger partial charge is 0.366 e. The summed E-state index contributed by atoms with van der Waals surface area (Å²) in [6.07, 6.45) is 5.28. The molecule has 0 bridgehead atoms. The summed E-state index contributed by atoms with van der Waals surface area (Å²) in [5, 5.41) is 3.45. The molecule has 5 nitrogen and oxygen atoms in total. The smallest absolute Gasteiger partial charge is 0.239 e. The van der Waals surface area contributed by atoms with Gasteiger partial charge in [0.25, 0.3) is 0 Å². The first-order chi connectivity index (χ1) is 8.00. The molecule has 1 aromatic heterocycles. The fraction of sp³-hybridized carbons (Fsp3) is 0.636. The number of nitrogen functional groups attached to an aromatic ring is 1. The van der Waals surface area contributed by atoms with Crippen molar-refractivity contribution in [2.45, 2.75) is 39.2 Å². The molecule has 4 N–H and O–H groups in total. The highest BCUT2D eigenvalue weighted by Crippen LogP contribution is 2.38. The molecule has 1 unspecified atom stereocenters. The van der Waals surface area contributed by atoms with Gasteiger partial charge < -0.3 is 5.32 Å². The number of anilines is 2. The zero-order valence-electron chi connectivity index (χ0n) is 10.1. The molecule has 0 spiro atoms. The van der Waals surface area contributed by atoms with Crippen LogP contribution in [0.3, 0.4) is 0 Å². The summed E-state index contributed by atoms with van der Waals surface area (Å²) in [4.78, 5) is 8.32. The van der Waals surface area contributed by atoms with Gasteiger partial charge in [0, 0.05) is 12.2 Å². The Morgan fingerprint density at radius 2 is 2.29 bits per heavy atom. The van der Waals surface area contributed by atoms with Gasteiger partial charge in [0.2, 0.25) is 5.95 Å². The molecule has 1 aliphatic rings. The number of hydrazine groups is 1. The van der Waals surface area contributed by atoms with Crippen LogP contribution < -0.4 is 16.6 Å². The summed E-state index contributed by atoms with van der Waals surface area (Å²) in [5.74, 6) is 6.53. The highest BCUT2D eigenvalue weighted by molar-refractivity contribution is 9.10. The van der Waals surface area contributed by atoms with Gasteiger partial charge in [-0.3, -0.25) is 5.43 Å². The quantitative estimate of drug-likeness (QED) is 0.591. The van der Waals surface area contributed by atoms with E-state index in [4.69, 9.17) is 5.84 Å². The van der Waals surface area contributed by atoms with Crippen LogP contribution >= 0.6 is 15.9 Å². The van der Waals surface area contributed by atoms with Crippen molar-refractivity contribution < 1.29 is 0 Å². The summed E-state index contributed by atoms with van der Waals surface area (Å²) in [7, 11) is 0. The van der Waals surface area contributed by atoms with Crippen LogP contribution in [0, 0.1) is 5.41 Å². The minimum atomic E-state index is 0.423. The van der Waals surface area contributed by atoms with Gasteiger partial charge in [0.05, 0.1) is 4.47 Å². The molecule has 0 aliphatic heterocycles. The Hall–Kier alpha value is -0.880. The van der Waals surface area contributed by atoms with E-state index in [1.807, 2.05) is 0 Å². The molecule has 1 heterocycles.